The van der Waals surface area contributed by atoms with E-state index in [0.29, 0.717) is 29.6 Å². The van der Waals surface area contributed by atoms with Crippen LogP contribution in [0, 0.1) is 5.92 Å². The average molecular weight is 370 g/mol. The van der Waals surface area contributed by atoms with Gasteiger partial charge >= 0.3 is 0 Å². The second kappa shape index (κ2) is 8.32. The first-order valence-corrected chi connectivity index (χ1v) is 11.0. The summed E-state index contributed by atoms with van der Waals surface area (Å²) in [5, 5.41) is 0. The van der Waals surface area contributed by atoms with Crippen molar-refractivity contribution in [2.75, 3.05) is 6.54 Å². The molecule has 1 saturated carbocycles. The molecule has 2 bridgehead atoms. The Morgan fingerprint density at radius 3 is 2.44 bits per heavy atom. The van der Waals surface area contributed by atoms with Gasteiger partial charge < -0.3 is 11.5 Å². The highest BCUT2D eigenvalue weighted by atomic mass is 16.1. The van der Waals surface area contributed by atoms with Crippen LogP contribution < -0.4 is 11.5 Å². The summed E-state index contributed by atoms with van der Waals surface area (Å²) in [6.07, 6.45) is 13.0. The molecule has 27 heavy (non-hydrogen) atoms. The lowest BCUT2D eigenvalue weighted by Crippen LogP contribution is -2.45. The van der Waals surface area contributed by atoms with Crippen LogP contribution in [0.15, 0.2) is 24.3 Å². The monoisotopic (exact) mass is 369 g/mol. The molecule has 1 aromatic carbocycles. The van der Waals surface area contributed by atoms with Gasteiger partial charge in [0.2, 0.25) is 5.91 Å². The van der Waals surface area contributed by atoms with Crippen LogP contribution in [0.5, 0.6) is 0 Å². The third-order valence-corrected chi connectivity index (χ3v) is 7.50. The van der Waals surface area contributed by atoms with Crippen molar-refractivity contribution in [2.45, 2.75) is 88.3 Å². The number of primary amides is 1. The second-order valence-corrected chi connectivity index (χ2v) is 9.13. The highest BCUT2D eigenvalue weighted by Gasteiger charge is 2.41. The topological polar surface area (TPSA) is 72.4 Å². The molecule has 1 aromatic rings. The number of piperidine rings is 1. The van der Waals surface area contributed by atoms with Gasteiger partial charge in [-0.25, -0.2) is 0 Å². The van der Waals surface area contributed by atoms with Crippen LogP contribution in [0.3, 0.4) is 0 Å². The van der Waals surface area contributed by atoms with Crippen LogP contribution in [0.4, 0.5) is 0 Å². The van der Waals surface area contributed by atoms with Gasteiger partial charge in [0.25, 0.3) is 0 Å². The number of fused-ring (bicyclic) bond motifs is 2. The van der Waals surface area contributed by atoms with Crippen molar-refractivity contribution in [1.29, 1.82) is 0 Å². The molecule has 2 unspecified atom stereocenters. The Morgan fingerprint density at radius 2 is 1.78 bits per heavy atom. The van der Waals surface area contributed by atoms with Crippen LogP contribution in [-0.4, -0.2) is 35.5 Å². The van der Waals surface area contributed by atoms with E-state index in [-0.39, 0.29) is 5.91 Å². The Balaban J connectivity index is 1.35. The molecular formula is C23H35N3O. The fourth-order valence-electron chi connectivity index (χ4n) is 5.95. The molecule has 148 valence electrons. The number of carbonyl (C=O) groups is 1. The minimum atomic E-state index is -0.325. The number of nitrogens with zero attached hydrogens (tertiary/aromatic N) is 1. The summed E-state index contributed by atoms with van der Waals surface area (Å²) in [6, 6.07) is 9.74. The molecule has 4 nitrogen and oxygen atoms in total. The third kappa shape index (κ3) is 4.22. The van der Waals surface area contributed by atoms with Gasteiger partial charge in [-0.15, -0.1) is 0 Å². The van der Waals surface area contributed by atoms with Gasteiger partial charge in [-0.3, -0.25) is 9.69 Å². The summed E-state index contributed by atoms with van der Waals surface area (Å²) in [4.78, 5) is 14.3. The van der Waals surface area contributed by atoms with Gasteiger partial charge in [0.1, 0.15) is 0 Å². The van der Waals surface area contributed by atoms with Crippen LogP contribution in [0.2, 0.25) is 0 Å². The molecule has 0 spiro atoms. The molecule has 4 atom stereocenters. The number of hydrogen-bond acceptors (Lipinski definition) is 3. The maximum Gasteiger partial charge on any atom is 0.248 e. The van der Waals surface area contributed by atoms with E-state index < -0.39 is 0 Å². The molecule has 1 amide bonds. The zero-order valence-electron chi connectivity index (χ0n) is 16.5. The zero-order valence-corrected chi connectivity index (χ0v) is 16.5. The summed E-state index contributed by atoms with van der Waals surface area (Å²) in [7, 11) is 0. The number of rotatable bonds is 6. The number of carbonyl (C=O) groups excluding carboxylic acids is 1. The molecule has 3 aliphatic rings. The first-order valence-electron chi connectivity index (χ1n) is 11.0. The first kappa shape index (κ1) is 18.9. The Morgan fingerprint density at radius 1 is 1.07 bits per heavy atom. The summed E-state index contributed by atoms with van der Waals surface area (Å²) in [5.74, 6) is 0.990. The van der Waals surface area contributed by atoms with E-state index in [1.165, 1.54) is 69.9 Å². The fourth-order valence-corrected chi connectivity index (χ4v) is 5.95. The van der Waals surface area contributed by atoms with E-state index in [9.17, 15) is 4.79 Å². The van der Waals surface area contributed by atoms with Crippen molar-refractivity contribution < 1.29 is 4.79 Å². The van der Waals surface area contributed by atoms with Crippen LogP contribution in [0.25, 0.3) is 0 Å². The molecule has 2 aliphatic heterocycles. The number of benzene rings is 1. The van der Waals surface area contributed by atoms with Gasteiger partial charge in [-0.05, 0) is 74.5 Å². The maximum absolute atomic E-state index is 11.5. The van der Waals surface area contributed by atoms with Crippen molar-refractivity contribution in [3.05, 3.63) is 35.4 Å². The predicted octanol–water partition coefficient (Wildman–Crippen LogP) is 3.79. The Labute approximate surface area is 163 Å². The van der Waals surface area contributed by atoms with Crippen molar-refractivity contribution in [3.8, 4) is 0 Å². The van der Waals surface area contributed by atoms with Crippen LogP contribution in [0.1, 0.15) is 86.0 Å². The zero-order chi connectivity index (χ0) is 18.8. The first-order chi connectivity index (χ1) is 13.1. The predicted molar refractivity (Wildman–Crippen MR) is 110 cm³/mol. The molecule has 4 rings (SSSR count). The van der Waals surface area contributed by atoms with Gasteiger partial charge in [-0.2, -0.15) is 0 Å². The van der Waals surface area contributed by atoms with Gasteiger partial charge in [0, 0.05) is 30.2 Å². The van der Waals surface area contributed by atoms with Crippen molar-refractivity contribution >= 4 is 5.91 Å². The molecule has 2 saturated heterocycles. The maximum atomic E-state index is 11.5. The number of hydrogen-bond donors (Lipinski definition) is 2. The normalized spacial score (nSPS) is 30.3. The molecule has 0 aromatic heterocycles. The lowest BCUT2D eigenvalue weighted by atomic mass is 9.82. The highest BCUT2D eigenvalue weighted by Crippen LogP contribution is 2.43. The minimum absolute atomic E-state index is 0.325. The Bertz CT molecular complexity index is 641. The molecule has 1 aliphatic carbocycles. The highest BCUT2D eigenvalue weighted by molar-refractivity contribution is 5.92. The molecular weight excluding hydrogens is 334 g/mol. The van der Waals surface area contributed by atoms with E-state index >= 15 is 0 Å². The summed E-state index contributed by atoms with van der Waals surface area (Å²) in [6.45, 7) is 1.17. The van der Waals surface area contributed by atoms with E-state index in [1.54, 1.807) is 0 Å². The Kier molecular flexibility index (Phi) is 5.84. The van der Waals surface area contributed by atoms with Crippen molar-refractivity contribution in [1.82, 2.24) is 4.90 Å². The molecule has 3 fully saturated rings. The summed E-state index contributed by atoms with van der Waals surface area (Å²) >= 11 is 0. The molecule has 4 heteroatoms. The van der Waals surface area contributed by atoms with Crippen molar-refractivity contribution in [2.24, 2.45) is 17.4 Å². The lowest BCUT2D eigenvalue weighted by Gasteiger charge is -2.40. The quantitative estimate of drug-likeness (QED) is 0.801. The smallest absolute Gasteiger partial charge is 0.248 e. The number of amides is 1. The van der Waals surface area contributed by atoms with E-state index in [0.717, 1.165) is 12.3 Å². The lowest BCUT2D eigenvalue weighted by molar-refractivity contribution is 0.1000. The standard InChI is InChI=1S/C23H35N3O/c24-22(16-5-2-1-3-6-16)11-12-26-20-9-10-21(26)15-19(14-20)17-7-4-8-18(13-17)23(25)27/h4,7-8,13,16,19-22H,1-3,5-6,9-12,14-15,24H2,(H2,25,27)/t19?,20-,21+,22?. The van der Waals surface area contributed by atoms with E-state index in [2.05, 4.69) is 11.0 Å². The largest absolute Gasteiger partial charge is 0.366 e. The van der Waals surface area contributed by atoms with Crippen LogP contribution in [-0.2, 0) is 0 Å². The van der Waals surface area contributed by atoms with Gasteiger partial charge in [-0.1, -0.05) is 31.4 Å². The molecule has 2 heterocycles. The molecule has 4 N–H and O–H groups in total. The SMILES string of the molecule is NC(=O)c1cccc(C2C[C@H]3CC[C@@H](C2)N3CCC(N)C2CCCCC2)c1. The van der Waals surface area contributed by atoms with Gasteiger partial charge in [0.15, 0.2) is 0 Å². The minimum Gasteiger partial charge on any atom is -0.366 e. The summed E-state index contributed by atoms with van der Waals surface area (Å²) in [5.41, 5.74) is 14.0. The van der Waals surface area contributed by atoms with E-state index in [4.69, 9.17) is 11.5 Å². The van der Waals surface area contributed by atoms with Gasteiger partial charge in [0.05, 0.1) is 0 Å². The van der Waals surface area contributed by atoms with Crippen molar-refractivity contribution in [3.63, 3.8) is 0 Å². The number of nitrogens with two attached hydrogens (primary N) is 2. The second-order valence-electron chi connectivity index (χ2n) is 9.13. The fraction of sp³-hybridized carbons (Fsp3) is 0.696. The third-order valence-electron chi connectivity index (χ3n) is 7.50. The summed E-state index contributed by atoms with van der Waals surface area (Å²) < 4.78 is 0. The Hall–Kier alpha value is -1.39. The average Bonchev–Trinajstić information content (AvgIpc) is 2.93. The molecule has 0 radical (unpaired) electrons. The van der Waals surface area contributed by atoms with Crippen LogP contribution >= 0.6 is 0 Å². The van der Waals surface area contributed by atoms with E-state index in [1.807, 2.05) is 18.2 Å².